The Labute approximate surface area is 265 Å². The zero-order chi connectivity index (χ0) is 32.5. The number of aryl methyl sites for hydroxylation is 1. The standard InChI is InChI=1S/C34H49N5O6/c1-19-27(18-39(28(19)30(35)40)32(41)29(34(2,3)4)38-33(42)43)45-31-25(36-24-14-13-23(44-5)17-26(24)37-31)10-8-6-7-9-21-12-11-20-15-22(21)16-20/h13-14,17,19-22,27-29,38H,6-12,15-16,18H2,1-5H3,(H2,35,40)(H,42,43)/t19-,20?,21+,22?,27+,28+,29-/m1/s1. The number of unbranched alkanes of at least 4 members (excludes halogenated alkanes) is 2. The Kier molecular flexibility index (Phi) is 9.74. The number of fused-ring (bicyclic) bond motifs is 3. The van der Waals surface area contributed by atoms with Crippen molar-refractivity contribution in [2.75, 3.05) is 13.7 Å². The van der Waals surface area contributed by atoms with Gasteiger partial charge in [-0.15, -0.1) is 0 Å². The minimum absolute atomic E-state index is 0.0577. The van der Waals surface area contributed by atoms with Crippen molar-refractivity contribution in [1.82, 2.24) is 20.2 Å². The molecule has 0 spiro atoms. The lowest BCUT2D eigenvalue weighted by Gasteiger charge is -2.47. The topological polar surface area (TPSA) is 157 Å². The van der Waals surface area contributed by atoms with Crippen LogP contribution >= 0.6 is 0 Å². The molecular formula is C34H49N5O6. The molecule has 3 saturated carbocycles. The minimum atomic E-state index is -1.32. The number of hydrogen-bond donors (Lipinski definition) is 3. The summed E-state index contributed by atoms with van der Waals surface area (Å²) in [4.78, 5) is 49.1. The van der Waals surface area contributed by atoms with Gasteiger partial charge in [0.25, 0.3) is 0 Å². The number of benzene rings is 1. The second-order valence-electron chi connectivity index (χ2n) is 14.5. The molecule has 4 aliphatic rings. The summed E-state index contributed by atoms with van der Waals surface area (Å²) >= 11 is 0. The van der Waals surface area contributed by atoms with Gasteiger partial charge in [-0.05, 0) is 67.4 Å². The highest BCUT2D eigenvalue weighted by atomic mass is 16.5. The fourth-order valence-electron chi connectivity index (χ4n) is 7.61. The SMILES string of the molecule is COc1ccc2nc(CCCCC[C@H]3CCC4CC3C4)c(O[C@H]3CN(C(=O)[C@@H](NC(=O)O)C(C)(C)C)[C@H](C(N)=O)[C@@H]3C)nc2c1. The van der Waals surface area contributed by atoms with Gasteiger partial charge in [0, 0.05) is 12.0 Å². The number of hydrogen-bond acceptors (Lipinski definition) is 7. The Balaban J connectivity index is 1.34. The van der Waals surface area contributed by atoms with Gasteiger partial charge in [-0.1, -0.05) is 53.4 Å². The number of nitrogens with two attached hydrogens (primary N) is 1. The van der Waals surface area contributed by atoms with Crippen LogP contribution < -0.4 is 20.5 Å². The number of primary amides is 1. The number of carbonyl (C=O) groups excluding carboxylic acids is 2. The maximum Gasteiger partial charge on any atom is 0.405 e. The molecule has 0 unspecified atom stereocenters. The predicted octanol–water partition coefficient (Wildman–Crippen LogP) is 4.94. The van der Waals surface area contributed by atoms with Gasteiger partial charge in [0.2, 0.25) is 17.7 Å². The lowest BCUT2D eigenvalue weighted by Crippen LogP contribution is -2.57. The van der Waals surface area contributed by atoms with Crippen molar-refractivity contribution >= 4 is 28.9 Å². The number of rotatable bonds is 12. The van der Waals surface area contributed by atoms with E-state index in [1.165, 1.54) is 43.4 Å². The molecule has 45 heavy (non-hydrogen) atoms. The molecule has 11 heteroatoms. The summed E-state index contributed by atoms with van der Waals surface area (Å²) in [6.07, 6.45) is 9.01. The lowest BCUT2D eigenvalue weighted by molar-refractivity contribution is -0.141. The smallest absolute Gasteiger partial charge is 0.405 e. The fourth-order valence-corrected chi connectivity index (χ4v) is 7.61. The molecule has 2 aromatic rings. The van der Waals surface area contributed by atoms with Crippen molar-refractivity contribution in [3.63, 3.8) is 0 Å². The Bertz CT molecular complexity index is 1400. The van der Waals surface area contributed by atoms with Crippen molar-refractivity contribution in [1.29, 1.82) is 0 Å². The van der Waals surface area contributed by atoms with E-state index in [0.29, 0.717) is 23.6 Å². The highest BCUT2D eigenvalue weighted by molar-refractivity contribution is 5.92. The molecule has 1 aromatic heterocycles. The van der Waals surface area contributed by atoms with Crippen LogP contribution in [0.5, 0.6) is 11.6 Å². The number of nitrogens with zero attached hydrogens (tertiary/aromatic N) is 3. The number of ether oxygens (including phenoxy) is 2. The Hall–Kier alpha value is -3.63. The molecule has 4 N–H and O–H groups in total. The minimum Gasteiger partial charge on any atom is -0.497 e. The van der Waals surface area contributed by atoms with Crippen LogP contribution in [0.15, 0.2) is 18.2 Å². The van der Waals surface area contributed by atoms with E-state index in [1.807, 2.05) is 19.1 Å². The van der Waals surface area contributed by atoms with Gasteiger partial charge in [0.15, 0.2) is 0 Å². The van der Waals surface area contributed by atoms with Gasteiger partial charge in [-0.2, -0.15) is 0 Å². The molecule has 6 rings (SSSR count). The first kappa shape index (κ1) is 32.8. The molecule has 11 nitrogen and oxygen atoms in total. The van der Waals surface area contributed by atoms with E-state index in [-0.39, 0.29) is 6.54 Å². The second kappa shape index (κ2) is 13.4. The van der Waals surface area contributed by atoms with Crippen LogP contribution in [-0.2, 0) is 16.0 Å². The third-order valence-electron chi connectivity index (χ3n) is 10.3. The van der Waals surface area contributed by atoms with Crippen LogP contribution in [0, 0.1) is 29.1 Å². The predicted molar refractivity (Wildman–Crippen MR) is 170 cm³/mol. The summed E-state index contributed by atoms with van der Waals surface area (Å²) < 4.78 is 11.9. The van der Waals surface area contributed by atoms with E-state index in [2.05, 4.69) is 5.32 Å². The first-order valence-electron chi connectivity index (χ1n) is 16.5. The average molecular weight is 624 g/mol. The normalized spacial score (nSPS) is 26.6. The first-order chi connectivity index (χ1) is 21.3. The third kappa shape index (κ3) is 7.28. The zero-order valence-corrected chi connectivity index (χ0v) is 27.3. The summed E-state index contributed by atoms with van der Waals surface area (Å²) in [7, 11) is 1.59. The lowest BCUT2D eigenvalue weighted by atomic mass is 9.59. The maximum absolute atomic E-state index is 13.7. The quantitative estimate of drug-likeness (QED) is 0.281. The molecule has 246 valence electrons. The molecule has 3 amide bonds. The van der Waals surface area contributed by atoms with Gasteiger partial charge < -0.3 is 30.5 Å². The van der Waals surface area contributed by atoms with E-state index >= 15 is 0 Å². The number of amides is 3. The Morgan fingerprint density at radius 3 is 2.49 bits per heavy atom. The summed E-state index contributed by atoms with van der Waals surface area (Å²) in [6.45, 7) is 7.17. The molecule has 1 saturated heterocycles. The van der Waals surface area contributed by atoms with Crippen molar-refractivity contribution in [3.05, 3.63) is 23.9 Å². The fraction of sp³-hybridized carbons (Fsp3) is 0.676. The molecule has 1 aromatic carbocycles. The van der Waals surface area contributed by atoms with Gasteiger partial charge in [-0.3, -0.25) is 9.59 Å². The Morgan fingerprint density at radius 1 is 1.11 bits per heavy atom. The Morgan fingerprint density at radius 2 is 1.87 bits per heavy atom. The zero-order valence-electron chi connectivity index (χ0n) is 27.3. The van der Waals surface area contributed by atoms with Crippen LogP contribution in [0.3, 0.4) is 0 Å². The van der Waals surface area contributed by atoms with Crippen molar-refractivity contribution in [2.24, 2.45) is 34.8 Å². The van der Waals surface area contributed by atoms with E-state index in [1.54, 1.807) is 33.9 Å². The second-order valence-corrected chi connectivity index (χ2v) is 14.5. The average Bonchev–Trinajstić information content (AvgIpc) is 3.30. The molecule has 4 fully saturated rings. The number of nitrogens with one attached hydrogen (secondary N) is 1. The summed E-state index contributed by atoms with van der Waals surface area (Å²) in [5, 5.41) is 11.8. The van der Waals surface area contributed by atoms with Gasteiger partial charge in [-0.25, -0.2) is 14.8 Å². The van der Waals surface area contributed by atoms with Crippen molar-refractivity contribution in [2.45, 2.75) is 104 Å². The monoisotopic (exact) mass is 623 g/mol. The van der Waals surface area contributed by atoms with Crippen LogP contribution in [0.25, 0.3) is 11.0 Å². The number of carbonyl (C=O) groups is 3. The molecule has 0 radical (unpaired) electrons. The summed E-state index contributed by atoms with van der Waals surface area (Å²) in [5.41, 5.74) is 7.16. The first-order valence-corrected chi connectivity index (χ1v) is 16.5. The maximum atomic E-state index is 13.7. The van der Waals surface area contributed by atoms with Gasteiger partial charge in [0.1, 0.15) is 29.6 Å². The van der Waals surface area contributed by atoms with E-state index in [0.717, 1.165) is 41.8 Å². The molecule has 3 aliphatic carbocycles. The van der Waals surface area contributed by atoms with Crippen LogP contribution in [0.2, 0.25) is 0 Å². The number of methoxy groups -OCH3 is 1. The van der Waals surface area contributed by atoms with Crippen molar-refractivity contribution in [3.8, 4) is 11.6 Å². The van der Waals surface area contributed by atoms with E-state index < -0.39 is 47.4 Å². The number of likely N-dealkylation sites (tertiary alicyclic amines) is 1. The summed E-state index contributed by atoms with van der Waals surface area (Å²) in [6, 6.07) is 3.50. The van der Waals surface area contributed by atoms with Crippen molar-refractivity contribution < 1.29 is 29.0 Å². The molecule has 1 aliphatic heterocycles. The van der Waals surface area contributed by atoms with Gasteiger partial charge in [0.05, 0.1) is 24.7 Å². The van der Waals surface area contributed by atoms with E-state index in [4.69, 9.17) is 25.2 Å². The summed E-state index contributed by atoms with van der Waals surface area (Å²) in [5.74, 6) is 2.21. The van der Waals surface area contributed by atoms with Crippen LogP contribution in [0.4, 0.5) is 4.79 Å². The third-order valence-corrected chi connectivity index (χ3v) is 10.3. The highest BCUT2D eigenvalue weighted by Crippen LogP contribution is 2.50. The largest absolute Gasteiger partial charge is 0.497 e. The number of aromatic nitrogens is 2. The molecule has 2 heterocycles. The molecule has 2 bridgehead atoms. The molecule has 5 atom stereocenters. The van der Waals surface area contributed by atoms with E-state index in [9.17, 15) is 19.5 Å². The highest BCUT2D eigenvalue weighted by Gasteiger charge is 2.49. The van der Waals surface area contributed by atoms with Gasteiger partial charge >= 0.3 is 6.09 Å². The number of carboxylic acid groups (broad SMARTS) is 1. The van der Waals surface area contributed by atoms with Crippen LogP contribution in [0.1, 0.15) is 84.8 Å². The molecular weight excluding hydrogens is 574 g/mol. The van der Waals surface area contributed by atoms with Crippen LogP contribution in [-0.4, -0.2) is 69.7 Å².